The molecule has 0 aliphatic heterocycles. The Morgan fingerprint density at radius 1 is 1.78 bits per heavy atom. The molecule has 1 atom stereocenters. The molecule has 0 radical (unpaired) electrons. The highest BCUT2D eigenvalue weighted by atomic mass is 16.7. The minimum atomic E-state index is -0.806. The van der Waals surface area contributed by atoms with E-state index in [-0.39, 0.29) is 13.0 Å². The van der Waals surface area contributed by atoms with Crippen molar-refractivity contribution in [1.29, 1.82) is 0 Å². The van der Waals surface area contributed by atoms with Crippen LogP contribution in [0.1, 0.15) is 6.42 Å². The van der Waals surface area contributed by atoms with Crippen LogP contribution < -0.4 is 11.6 Å². The average molecular weight is 134 g/mol. The van der Waals surface area contributed by atoms with Gasteiger partial charge in [-0.05, 0) is 6.42 Å². The quantitative estimate of drug-likeness (QED) is 0.392. The Morgan fingerprint density at radius 2 is 2.33 bits per heavy atom. The van der Waals surface area contributed by atoms with Crippen LogP contribution in [0.5, 0.6) is 0 Å². The molecular weight excluding hydrogens is 124 g/mol. The van der Waals surface area contributed by atoms with Crippen molar-refractivity contribution in [2.75, 3.05) is 6.61 Å². The number of hydrogen-bond donors (Lipinski definition) is 3. The molecular formula is C4H10N2O3. The number of carbonyl (C=O) groups excluding carboxylic acids is 1. The molecule has 0 aromatic rings. The molecule has 0 saturated heterocycles. The molecule has 0 bridgehead atoms. The number of nitrogens with two attached hydrogens (primary N) is 2. The van der Waals surface area contributed by atoms with Crippen LogP contribution in [0.2, 0.25) is 0 Å². The summed E-state index contributed by atoms with van der Waals surface area (Å²) in [5.74, 6) is 3.79. The van der Waals surface area contributed by atoms with Crippen LogP contribution in [0.25, 0.3) is 0 Å². The molecule has 0 unspecified atom stereocenters. The minimum Gasteiger partial charge on any atom is -0.396 e. The zero-order valence-electron chi connectivity index (χ0n) is 4.91. The predicted molar refractivity (Wildman–Crippen MR) is 30.0 cm³/mol. The van der Waals surface area contributed by atoms with Crippen LogP contribution in [0, 0.1) is 0 Å². The number of aliphatic hydroxyl groups is 1. The average Bonchev–Trinajstić information content (AvgIpc) is 1.87. The van der Waals surface area contributed by atoms with Crippen molar-refractivity contribution in [3.05, 3.63) is 0 Å². The van der Waals surface area contributed by atoms with E-state index in [2.05, 4.69) is 10.7 Å². The zero-order valence-corrected chi connectivity index (χ0v) is 4.91. The predicted octanol–water partition coefficient (Wildman–Crippen LogP) is -1.89. The molecule has 0 fully saturated rings. The van der Waals surface area contributed by atoms with Gasteiger partial charge in [-0.1, -0.05) is 0 Å². The maximum atomic E-state index is 10.3. The lowest BCUT2D eigenvalue weighted by Crippen LogP contribution is -2.34. The number of carbonyl (C=O) groups is 1. The third-order valence-corrected chi connectivity index (χ3v) is 0.859. The normalized spacial score (nSPS) is 12.8. The van der Waals surface area contributed by atoms with Gasteiger partial charge in [-0.2, -0.15) is 5.90 Å². The Hall–Kier alpha value is -0.650. The van der Waals surface area contributed by atoms with Gasteiger partial charge < -0.3 is 15.7 Å². The molecule has 54 valence electrons. The summed E-state index contributed by atoms with van der Waals surface area (Å²) in [5.41, 5.74) is 5.12. The van der Waals surface area contributed by atoms with Crippen LogP contribution >= 0.6 is 0 Å². The van der Waals surface area contributed by atoms with E-state index < -0.39 is 12.0 Å². The fourth-order valence-corrected chi connectivity index (χ4v) is 0.344. The van der Waals surface area contributed by atoms with Crippen molar-refractivity contribution in [3.63, 3.8) is 0 Å². The maximum absolute atomic E-state index is 10.3. The van der Waals surface area contributed by atoms with E-state index in [1.165, 1.54) is 0 Å². The number of rotatable bonds is 3. The van der Waals surface area contributed by atoms with Crippen molar-refractivity contribution < 1.29 is 14.7 Å². The van der Waals surface area contributed by atoms with Gasteiger partial charge in [0, 0.05) is 6.61 Å². The number of hydrogen-bond acceptors (Lipinski definition) is 5. The molecule has 0 saturated carbocycles. The van der Waals surface area contributed by atoms with Gasteiger partial charge >= 0.3 is 5.97 Å². The summed E-state index contributed by atoms with van der Waals surface area (Å²) in [7, 11) is 0. The molecule has 0 amide bonds. The number of aliphatic hydroxyl groups excluding tert-OH is 1. The Kier molecular flexibility index (Phi) is 3.94. The van der Waals surface area contributed by atoms with E-state index in [1.54, 1.807) is 0 Å². The molecule has 0 aromatic carbocycles. The third kappa shape index (κ3) is 3.02. The highest BCUT2D eigenvalue weighted by Gasteiger charge is 2.12. The first-order valence-electron chi connectivity index (χ1n) is 2.49. The molecule has 0 aromatic heterocycles. The fraction of sp³-hybridized carbons (Fsp3) is 0.750. The van der Waals surface area contributed by atoms with Crippen LogP contribution in [0.15, 0.2) is 0 Å². The molecule has 0 heterocycles. The van der Waals surface area contributed by atoms with E-state index in [1.807, 2.05) is 0 Å². The van der Waals surface area contributed by atoms with E-state index in [0.29, 0.717) is 0 Å². The standard InChI is InChI=1S/C4H10N2O3/c5-3(1-2-7)4(8)9-6/h3,7H,1-2,5-6H2/t3-/m0/s1. The summed E-state index contributed by atoms with van der Waals surface area (Å²) in [6, 6.07) is -0.806. The van der Waals surface area contributed by atoms with Crippen molar-refractivity contribution in [2.24, 2.45) is 11.6 Å². The van der Waals surface area contributed by atoms with Crippen LogP contribution in [-0.4, -0.2) is 23.7 Å². The Bertz CT molecular complexity index is 95.8. The molecule has 0 aliphatic carbocycles. The zero-order chi connectivity index (χ0) is 7.28. The van der Waals surface area contributed by atoms with Gasteiger partial charge in [0.15, 0.2) is 0 Å². The summed E-state index contributed by atoms with van der Waals surface area (Å²) < 4.78 is 0. The minimum absolute atomic E-state index is 0.143. The molecule has 0 rings (SSSR count). The van der Waals surface area contributed by atoms with Gasteiger partial charge in [-0.25, -0.2) is 4.79 Å². The van der Waals surface area contributed by atoms with Gasteiger partial charge in [0.2, 0.25) is 0 Å². The summed E-state index contributed by atoms with van der Waals surface area (Å²) in [6.45, 7) is -0.143. The Labute approximate surface area is 52.5 Å². The molecule has 0 aliphatic rings. The van der Waals surface area contributed by atoms with E-state index >= 15 is 0 Å². The monoisotopic (exact) mass is 134 g/mol. The van der Waals surface area contributed by atoms with Crippen molar-refractivity contribution in [3.8, 4) is 0 Å². The SMILES string of the molecule is NOC(=O)[C@@H](N)CCO. The van der Waals surface area contributed by atoms with Gasteiger partial charge in [0.1, 0.15) is 6.04 Å². The lowest BCUT2D eigenvalue weighted by Gasteiger charge is -2.04. The highest BCUT2D eigenvalue weighted by molar-refractivity contribution is 5.74. The molecule has 5 nitrogen and oxygen atoms in total. The second-order valence-corrected chi connectivity index (χ2v) is 1.56. The van der Waals surface area contributed by atoms with Crippen molar-refractivity contribution in [1.82, 2.24) is 0 Å². The van der Waals surface area contributed by atoms with Crippen molar-refractivity contribution in [2.45, 2.75) is 12.5 Å². The maximum Gasteiger partial charge on any atom is 0.341 e. The Balaban J connectivity index is 3.45. The van der Waals surface area contributed by atoms with Gasteiger partial charge in [0.25, 0.3) is 0 Å². The largest absolute Gasteiger partial charge is 0.396 e. The highest BCUT2D eigenvalue weighted by Crippen LogP contribution is 1.86. The van der Waals surface area contributed by atoms with E-state index in [4.69, 9.17) is 10.8 Å². The van der Waals surface area contributed by atoms with E-state index in [9.17, 15) is 4.79 Å². The van der Waals surface area contributed by atoms with E-state index in [0.717, 1.165) is 0 Å². The Morgan fingerprint density at radius 3 is 2.67 bits per heavy atom. The molecule has 5 N–H and O–H groups in total. The van der Waals surface area contributed by atoms with Gasteiger partial charge in [-0.15, -0.1) is 0 Å². The second kappa shape index (κ2) is 4.25. The lowest BCUT2D eigenvalue weighted by molar-refractivity contribution is -0.146. The summed E-state index contributed by atoms with van der Waals surface area (Å²) in [5, 5.41) is 8.25. The van der Waals surface area contributed by atoms with Gasteiger partial charge in [-0.3, -0.25) is 0 Å². The third-order valence-electron chi connectivity index (χ3n) is 0.859. The molecule has 5 heteroatoms. The van der Waals surface area contributed by atoms with Crippen LogP contribution in [-0.2, 0) is 9.63 Å². The molecule has 0 spiro atoms. The topological polar surface area (TPSA) is 98.6 Å². The molecule has 9 heavy (non-hydrogen) atoms. The van der Waals surface area contributed by atoms with Gasteiger partial charge in [0.05, 0.1) is 0 Å². The fourth-order valence-electron chi connectivity index (χ4n) is 0.344. The van der Waals surface area contributed by atoms with Crippen LogP contribution in [0.3, 0.4) is 0 Å². The summed E-state index contributed by atoms with van der Waals surface area (Å²) >= 11 is 0. The first-order valence-corrected chi connectivity index (χ1v) is 2.49. The first kappa shape index (κ1) is 8.35. The van der Waals surface area contributed by atoms with Crippen molar-refractivity contribution >= 4 is 5.97 Å². The van der Waals surface area contributed by atoms with Crippen LogP contribution in [0.4, 0.5) is 0 Å². The lowest BCUT2D eigenvalue weighted by atomic mass is 10.2. The second-order valence-electron chi connectivity index (χ2n) is 1.56. The first-order chi connectivity index (χ1) is 4.22. The smallest absolute Gasteiger partial charge is 0.341 e. The summed E-state index contributed by atoms with van der Waals surface area (Å²) in [6.07, 6.45) is 0.177. The summed E-state index contributed by atoms with van der Waals surface area (Å²) in [4.78, 5) is 14.1.